The molecule has 1 aliphatic rings. The number of nitrogens with zero attached hydrogens (tertiary/aromatic N) is 1. The molecule has 112 valence electrons. The first-order valence-electron chi connectivity index (χ1n) is 8.11. The van der Waals surface area contributed by atoms with Gasteiger partial charge < -0.3 is 5.73 Å². The van der Waals surface area contributed by atoms with Crippen molar-refractivity contribution in [2.75, 3.05) is 0 Å². The first kappa shape index (κ1) is 15.5. The number of nitrogens with two attached hydrogens (primary N) is 1. The van der Waals surface area contributed by atoms with Gasteiger partial charge in [0.05, 0.1) is 0 Å². The lowest BCUT2D eigenvalue weighted by atomic mass is 9.65. The van der Waals surface area contributed by atoms with Crippen LogP contribution < -0.4 is 5.73 Å². The summed E-state index contributed by atoms with van der Waals surface area (Å²) in [7, 11) is 0. The zero-order valence-corrected chi connectivity index (χ0v) is 13.5. The average molecular weight is 274 g/mol. The number of hydrogen-bond acceptors (Lipinski definition) is 2. The fourth-order valence-corrected chi connectivity index (χ4v) is 3.76. The monoisotopic (exact) mass is 274 g/mol. The Morgan fingerprint density at radius 3 is 2.60 bits per heavy atom. The van der Waals surface area contributed by atoms with Gasteiger partial charge in [-0.2, -0.15) is 0 Å². The molecular formula is C18H30N2. The van der Waals surface area contributed by atoms with Gasteiger partial charge in [0.2, 0.25) is 0 Å². The van der Waals surface area contributed by atoms with Crippen LogP contribution in [0, 0.1) is 17.3 Å². The largest absolute Gasteiger partial charge is 0.327 e. The maximum absolute atomic E-state index is 6.43. The van der Waals surface area contributed by atoms with Crippen molar-refractivity contribution in [3.05, 3.63) is 29.6 Å². The number of hydrogen-bond donors (Lipinski definition) is 1. The predicted octanol–water partition coefficient (Wildman–Crippen LogP) is 3.98. The highest BCUT2D eigenvalue weighted by Crippen LogP contribution is 2.41. The van der Waals surface area contributed by atoms with Crippen LogP contribution in [0.5, 0.6) is 0 Å². The van der Waals surface area contributed by atoms with Gasteiger partial charge in [-0.15, -0.1) is 0 Å². The van der Waals surface area contributed by atoms with Crippen molar-refractivity contribution in [2.45, 2.75) is 65.8 Å². The number of rotatable bonds is 4. The maximum Gasteiger partial charge on any atom is 0.0409 e. The average Bonchev–Trinajstić information content (AvgIpc) is 2.38. The molecule has 1 aromatic rings. The number of pyridine rings is 1. The topological polar surface area (TPSA) is 38.9 Å². The van der Waals surface area contributed by atoms with Gasteiger partial charge in [-0.3, -0.25) is 4.98 Å². The molecule has 0 saturated heterocycles. The van der Waals surface area contributed by atoms with Gasteiger partial charge in [0.1, 0.15) is 0 Å². The molecule has 0 spiro atoms. The quantitative estimate of drug-likeness (QED) is 0.902. The third-order valence-electron chi connectivity index (χ3n) is 5.10. The van der Waals surface area contributed by atoms with E-state index in [2.05, 4.69) is 44.8 Å². The molecule has 0 aliphatic heterocycles. The minimum Gasteiger partial charge on any atom is -0.327 e. The van der Waals surface area contributed by atoms with Gasteiger partial charge in [0.25, 0.3) is 0 Å². The summed E-state index contributed by atoms with van der Waals surface area (Å²) in [5.74, 6) is 1.41. The summed E-state index contributed by atoms with van der Waals surface area (Å²) < 4.78 is 0. The van der Waals surface area contributed by atoms with Crippen LogP contribution >= 0.6 is 0 Å². The molecule has 0 aromatic carbocycles. The van der Waals surface area contributed by atoms with Crippen molar-refractivity contribution < 1.29 is 0 Å². The van der Waals surface area contributed by atoms with E-state index in [-0.39, 0.29) is 5.41 Å². The summed E-state index contributed by atoms with van der Waals surface area (Å²) in [6, 6.07) is 4.75. The van der Waals surface area contributed by atoms with Crippen LogP contribution in [-0.2, 0) is 12.8 Å². The Kier molecular flexibility index (Phi) is 4.85. The maximum atomic E-state index is 6.43. The summed E-state index contributed by atoms with van der Waals surface area (Å²) in [5, 5.41) is 0. The molecule has 2 N–H and O–H groups in total. The third kappa shape index (κ3) is 3.60. The van der Waals surface area contributed by atoms with Gasteiger partial charge in [0.15, 0.2) is 0 Å². The van der Waals surface area contributed by atoms with Crippen LogP contribution in [0.3, 0.4) is 0 Å². The smallest absolute Gasteiger partial charge is 0.0409 e. The normalized spacial score (nSPS) is 27.6. The summed E-state index contributed by atoms with van der Waals surface area (Å²) in [6.07, 6.45) is 7.88. The summed E-state index contributed by atoms with van der Waals surface area (Å²) in [4.78, 5) is 4.63. The van der Waals surface area contributed by atoms with E-state index >= 15 is 0 Å². The Bertz CT molecular complexity index is 422. The second-order valence-electron chi connectivity index (χ2n) is 7.37. The zero-order valence-electron chi connectivity index (χ0n) is 13.5. The molecule has 1 saturated carbocycles. The van der Waals surface area contributed by atoms with Crippen LogP contribution in [-0.4, -0.2) is 11.0 Å². The molecule has 3 unspecified atom stereocenters. The highest BCUT2D eigenvalue weighted by Gasteiger charge is 2.37. The fraction of sp³-hybridized carbons (Fsp3) is 0.722. The highest BCUT2D eigenvalue weighted by atomic mass is 14.7. The van der Waals surface area contributed by atoms with E-state index in [4.69, 9.17) is 5.73 Å². The van der Waals surface area contributed by atoms with Crippen LogP contribution in [0.25, 0.3) is 0 Å². The van der Waals surface area contributed by atoms with Crippen molar-refractivity contribution >= 4 is 0 Å². The van der Waals surface area contributed by atoms with E-state index in [1.165, 1.54) is 30.5 Å². The van der Waals surface area contributed by atoms with Crippen molar-refractivity contribution in [1.82, 2.24) is 4.98 Å². The summed E-state index contributed by atoms with van der Waals surface area (Å²) >= 11 is 0. The summed E-state index contributed by atoms with van der Waals surface area (Å²) in [5.41, 5.74) is 9.19. The predicted molar refractivity (Wildman–Crippen MR) is 85.6 cm³/mol. The van der Waals surface area contributed by atoms with Gasteiger partial charge in [-0.1, -0.05) is 40.2 Å². The Morgan fingerprint density at radius 2 is 2.05 bits per heavy atom. The van der Waals surface area contributed by atoms with Crippen LogP contribution in [0.1, 0.15) is 58.2 Å². The highest BCUT2D eigenvalue weighted by molar-refractivity contribution is 5.15. The van der Waals surface area contributed by atoms with Crippen molar-refractivity contribution in [3.8, 4) is 0 Å². The first-order chi connectivity index (χ1) is 9.42. The lowest BCUT2D eigenvalue weighted by Crippen LogP contribution is -2.44. The van der Waals surface area contributed by atoms with E-state index in [0.29, 0.717) is 12.0 Å². The Balaban J connectivity index is 2.05. The summed E-state index contributed by atoms with van der Waals surface area (Å²) in [6.45, 7) is 9.22. The van der Waals surface area contributed by atoms with E-state index in [0.717, 1.165) is 18.8 Å². The minimum absolute atomic E-state index is 0.236. The number of aromatic nitrogens is 1. The van der Waals surface area contributed by atoms with Crippen LogP contribution in [0.15, 0.2) is 18.3 Å². The molecule has 20 heavy (non-hydrogen) atoms. The van der Waals surface area contributed by atoms with Crippen molar-refractivity contribution in [3.63, 3.8) is 0 Å². The molecule has 2 nitrogen and oxygen atoms in total. The second-order valence-corrected chi connectivity index (χ2v) is 7.37. The van der Waals surface area contributed by atoms with E-state index in [1.54, 1.807) is 0 Å². The molecule has 3 atom stereocenters. The van der Waals surface area contributed by atoms with Crippen molar-refractivity contribution in [1.29, 1.82) is 0 Å². The molecule has 1 aromatic heterocycles. The molecule has 2 heteroatoms. The van der Waals surface area contributed by atoms with Gasteiger partial charge >= 0.3 is 0 Å². The Labute approximate surface area is 124 Å². The molecule has 0 bridgehead atoms. The number of aryl methyl sites for hydroxylation is 1. The molecule has 0 amide bonds. The van der Waals surface area contributed by atoms with Gasteiger partial charge in [-0.05, 0) is 54.6 Å². The molecular weight excluding hydrogens is 244 g/mol. The third-order valence-corrected chi connectivity index (χ3v) is 5.10. The zero-order chi connectivity index (χ0) is 14.8. The molecule has 1 aliphatic carbocycles. The van der Waals surface area contributed by atoms with E-state index < -0.39 is 0 Å². The lowest BCUT2D eigenvalue weighted by Gasteiger charge is -2.42. The molecule has 0 radical (unpaired) electrons. The molecule has 1 heterocycles. The first-order valence-corrected chi connectivity index (χ1v) is 8.11. The van der Waals surface area contributed by atoms with Gasteiger partial charge in [0, 0.05) is 17.9 Å². The lowest BCUT2D eigenvalue weighted by molar-refractivity contribution is 0.112. The van der Waals surface area contributed by atoms with Crippen molar-refractivity contribution in [2.24, 2.45) is 23.0 Å². The fourth-order valence-electron chi connectivity index (χ4n) is 3.76. The molecule has 1 fully saturated rings. The molecule has 2 rings (SSSR count). The van der Waals surface area contributed by atoms with Gasteiger partial charge in [-0.25, -0.2) is 0 Å². The second kappa shape index (κ2) is 6.26. The van der Waals surface area contributed by atoms with E-state index in [9.17, 15) is 0 Å². The van der Waals surface area contributed by atoms with Crippen LogP contribution in [0.2, 0.25) is 0 Å². The minimum atomic E-state index is 0.236. The SMILES string of the molecule is CCc1ccc(CC(C)(C)C2CCC(C)CC2N)nc1. The van der Waals surface area contributed by atoms with E-state index in [1.807, 2.05) is 6.20 Å². The standard InChI is InChI=1S/C18H30N2/c1-5-14-7-8-15(20-12-14)11-18(3,4)16-9-6-13(2)10-17(16)19/h7-8,12-13,16-17H,5-6,9-11,19H2,1-4H3. The Morgan fingerprint density at radius 1 is 1.30 bits per heavy atom. The van der Waals surface area contributed by atoms with Crippen LogP contribution in [0.4, 0.5) is 0 Å². The Hall–Kier alpha value is -0.890.